The molecule has 0 atom stereocenters. The summed E-state index contributed by atoms with van der Waals surface area (Å²) in [5.74, 6) is -3.75. The topological polar surface area (TPSA) is 128 Å². The zero-order valence-corrected chi connectivity index (χ0v) is 20.1. The Morgan fingerprint density at radius 1 is 1.08 bits per heavy atom. The number of methoxy groups -OCH3 is 1. The molecule has 3 rings (SSSR count). The van der Waals surface area contributed by atoms with Gasteiger partial charge in [0.25, 0.3) is 11.4 Å². The molecule has 2 heterocycles. The molecule has 38 heavy (non-hydrogen) atoms. The van der Waals surface area contributed by atoms with Gasteiger partial charge in [0, 0.05) is 25.4 Å². The van der Waals surface area contributed by atoms with Crippen LogP contribution in [-0.4, -0.2) is 46.4 Å². The van der Waals surface area contributed by atoms with Crippen LogP contribution < -0.4 is 20.7 Å². The van der Waals surface area contributed by atoms with Crippen molar-refractivity contribution >= 4 is 23.5 Å². The Morgan fingerprint density at radius 2 is 1.79 bits per heavy atom. The molecule has 16 heteroatoms. The van der Waals surface area contributed by atoms with Crippen LogP contribution in [0.2, 0.25) is 5.02 Å². The summed E-state index contributed by atoms with van der Waals surface area (Å²) in [5.41, 5.74) is -5.21. The lowest BCUT2D eigenvalue weighted by atomic mass is 10.2. The number of rotatable bonds is 8. The Balaban J connectivity index is 1.94. The first-order chi connectivity index (χ1) is 17.8. The number of hydrogen-bond donors (Lipinski definition) is 0. The number of ether oxygens (including phenoxy) is 4. The number of carbonyl (C=O) groups excluding carboxylic acids is 2. The molecule has 3 aromatic rings. The number of benzene rings is 1. The third-order valence-electron chi connectivity index (χ3n) is 4.71. The van der Waals surface area contributed by atoms with Gasteiger partial charge < -0.3 is 18.9 Å². The van der Waals surface area contributed by atoms with E-state index in [-0.39, 0.29) is 37.6 Å². The van der Waals surface area contributed by atoms with Crippen molar-refractivity contribution in [3.8, 4) is 23.1 Å². The predicted molar refractivity (Wildman–Crippen MR) is 120 cm³/mol. The maximum Gasteiger partial charge on any atom is 0.431 e. The van der Waals surface area contributed by atoms with Gasteiger partial charge in [0.05, 0.1) is 17.8 Å². The molecule has 0 fully saturated rings. The van der Waals surface area contributed by atoms with E-state index < -0.39 is 59.8 Å². The van der Waals surface area contributed by atoms with E-state index in [2.05, 4.69) is 14.5 Å². The van der Waals surface area contributed by atoms with Gasteiger partial charge >= 0.3 is 23.8 Å². The Bertz CT molecular complexity index is 1500. The lowest BCUT2D eigenvalue weighted by molar-refractivity contribution is -0.158. The van der Waals surface area contributed by atoms with Crippen LogP contribution in [0, 0.1) is 5.82 Å². The van der Waals surface area contributed by atoms with Crippen molar-refractivity contribution in [2.24, 2.45) is 7.05 Å². The molecule has 1 aromatic carbocycles. The molecule has 0 unspecified atom stereocenters. The van der Waals surface area contributed by atoms with Gasteiger partial charge in [0.1, 0.15) is 17.3 Å². The smallest absolute Gasteiger partial charge is 0.431 e. The van der Waals surface area contributed by atoms with Crippen molar-refractivity contribution in [2.75, 3.05) is 20.3 Å². The monoisotopic (exact) mass is 561 g/mol. The van der Waals surface area contributed by atoms with Crippen molar-refractivity contribution in [1.82, 2.24) is 14.1 Å². The Hall–Kier alpha value is -4.40. The minimum absolute atomic E-state index is 0.141. The van der Waals surface area contributed by atoms with Crippen LogP contribution in [0.1, 0.15) is 5.69 Å². The molecule has 0 aliphatic heterocycles. The molecule has 0 spiro atoms. The van der Waals surface area contributed by atoms with Crippen LogP contribution in [0.25, 0.3) is 5.69 Å². The molecular weight excluding hydrogens is 546 g/mol. The quantitative estimate of drug-likeness (QED) is 0.301. The maximum atomic E-state index is 14.7. The summed E-state index contributed by atoms with van der Waals surface area (Å²) < 4.78 is 74.2. The zero-order chi connectivity index (χ0) is 28.2. The second-order valence-electron chi connectivity index (χ2n) is 7.21. The highest BCUT2D eigenvalue weighted by atomic mass is 35.5. The van der Waals surface area contributed by atoms with Gasteiger partial charge in [-0.3, -0.25) is 9.36 Å². The normalized spacial score (nSPS) is 11.1. The van der Waals surface area contributed by atoms with Gasteiger partial charge in [-0.05, 0) is 18.2 Å². The predicted octanol–water partition coefficient (Wildman–Crippen LogP) is 2.63. The van der Waals surface area contributed by atoms with Gasteiger partial charge in [-0.1, -0.05) is 11.6 Å². The number of esters is 2. The highest BCUT2D eigenvalue weighted by Crippen LogP contribution is 2.36. The fraction of sp³-hybridized carbons (Fsp3) is 0.227. The molecular formula is C22H16ClF4N3O8. The summed E-state index contributed by atoms with van der Waals surface area (Å²) in [6, 6.07) is 4.34. The Kier molecular flexibility index (Phi) is 8.40. The van der Waals surface area contributed by atoms with Gasteiger partial charge in [-0.15, -0.1) is 0 Å². The van der Waals surface area contributed by atoms with Crippen molar-refractivity contribution in [3.05, 3.63) is 73.9 Å². The number of carbonyl (C=O) groups is 2. The van der Waals surface area contributed by atoms with Crippen molar-refractivity contribution in [2.45, 2.75) is 6.18 Å². The average molecular weight is 562 g/mol. The largest absolute Gasteiger partial charge is 0.466 e. The van der Waals surface area contributed by atoms with E-state index in [1.165, 1.54) is 18.3 Å². The molecule has 0 aliphatic carbocycles. The molecule has 11 nitrogen and oxygen atoms in total. The van der Waals surface area contributed by atoms with Crippen LogP contribution in [0.3, 0.4) is 0 Å². The van der Waals surface area contributed by atoms with Crippen LogP contribution in [0.4, 0.5) is 17.6 Å². The molecule has 0 saturated heterocycles. The second kappa shape index (κ2) is 11.3. The Morgan fingerprint density at radius 3 is 2.45 bits per heavy atom. The lowest BCUT2D eigenvalue weighted by Crippen LogP contribution is -2.41. The molecule has 0 radical (unpaired) electrons. The molecule has 202 valence electrons. The van der Waals surface area contributed by atoms with E-state index in [1.807, 2.05) is 0 Å². The fourth-order valence-corrected chi connectivity index (χ4v) is 3.12. The SMILES string of the molecule is COC(=O)COC(=O)COc1ncccc1Oc1cc(-n2c(=O)cc(C(F)(F)F)n(C)c2=O)c(F)cc1Cl. The third-order valence-corrected chi connectivity index (χ3v) is 5.01. The number of nitrogens with zero attached hydrogens (tertiary/aromatic N) is 3. The van der Waals surface area contributed by atoms with Gasteiger partial charge in [0.2, 0.25) is 0 Å². The van der Waals surface area contributed by atoms with Crippen LogP contribution in [0.15, 0.2) is 46.1 Å². The van der Waals surface area contributed by atoms with E-state index in [4.69, 9.17) is 21.1 Å². The molecule has 2 aromatic heterocycles. The standard InChI is InChI=1S/C22H16ClF4N3O8/c1-29-16(22(25,26)27)8-17(31)30(21(29)34)13-7-15(11(23)6-12(13)24)38-14-4-3-5-28-20(14)37-10-19(33)36-9-18(32)35-2/h3-8H,9-10H2,1-2H3. The van der Waals surface area contributed by atoms with Crippen LogP contribution in [-0.2, 0) is 32.3 Å². The lowest BCUT2D eigenvalue weighted by Gasteiger charge is -2.16. The van der Waals surface area contributed by atoms with Crippen molar-refractivity contribution in [1.29, 1.82) is 0 Å². The van der Waals surface area contributed by atoms with Gasteiger partial charge in [0.15, 0.2) is 19.0 Å². The van der Waals surface area contributed by atoms with Gasteiger partial charge in [-0.25, -0.2) is 28.3 Å². The average Bonchev–Trinajstić information content (AvgIpc) is 2.86. The van der Waals surface area contributed by atoms with E-state index in [1.54, 1.807) is 0 Å². The fourth-order valence-electron chi connectivity index (χ4n) is 2.94. The number of aromatic nitrogens is 3. The minimum atomic E-state index is -5.01. The summed E-state index contributed by atoms with van der Waals surface area (Å²) in [4.78, 5) is 51.6. The highest BCUT2D eigenvalue weighted by Gasteiger charge is 2.35. The number of halogens is 5. The van der Waals surface area contributed by atoms with E-state index in [0.29, 0.717) is 6.07 Å². The van der Waals surface area contributed by atoms with E-state index >= 15 is 0 Å². The van der Waals surface area contributed by atoms with Crippen molar-refractivity contribution < 1.29 is 46.1 Å². The van der Waals surface area contributed by atoms with E-state index in [0.717, 1.165) is 20.2 Å². The molecule has 0 saturated carbocycles. The first-order valence-electron chi connectivity index (χ1n) is 10.2. The van der Waals surface area contributed by atoms with Crippen molar-refractivity contribution in [3.63, 3.8) is 0 Å². The molecule has 0 N–H and O–H groups in total. The van der Waals surface area contributed by atoms with Crippen LogP contribution >= 0.6 is 11.6 Å². The summed E-state index contributed by atoms with van der Waals surface area (Å²) in [6.07, 6.45) is -3.74. The zero-order valence-electron chi connectivity index (χ0n) is 19.4. The highest BCUT2D eigenvalue weighted by molar-refractivity contribution is 6.32. The number of alkyl halides is 3. The van der Waals surface area contributed by atoms with Gasteiger partial charge in [-0.2, -0.15) is 13.2 Å². The summed E-state index contributed by atoms with van der Waals surface area (Å²) in [6.45, 7) is -1.36. The minimum Gasteiger partial charge on any atom is -0.466 e. The Labute approximate surface area is 214 Å². The van der Waals surface area contributed by atoms with Crippen LogP contribution in [0.5, 0.6) is 17.4 Å². The number of pyridine rings is 1. The second-order valence-corrected chi connectivity index (χ2v) is 7.62. The first-order valence-corrected chi connectivity index (χ1v) is 10.6. The summed E-state index contributed by atoms with van der Waals surface area (Å²) in [5, 5.41) is -0.352. The molecule has 0 bridgehead atoms. The molecule has 0 amide bonds. The summed E-state index contributed by atoms with van der Waals surface area (Å²) in [7, 11) is 1.86. The maximum absolute atomic E-state index is 14.7. The third kappa shape index (κ3) is 6.29. The first kappa shape index (κ1) is 28.2. The molecule has 0 aliphatic rings. The number of hydrogen-bond acceptors (Lipinski definition) is 9. The van der Waals surface area contributed by atoms with E-state index in [9.17, 15) is 36.7 Å². The summed E-state index contributed by atoms with van der Waals surface area (Å²) >= 11 is 6.04.